The first kappa shape index (κ1) is 9.86. The predicted molar refractivity (Wildman–Crippen MR) is 56.4 cm³/mol. The average molecular weight is 197 g/mol. The molecule has 0 aliphatic heterocycles. The van der Waals surface area contributed by atoms with Crippen LogP contribution < -0.4 is 5.73 Å². The van der Waals surface area contributed by atoms with Crippen LogP contribution in [0, 0.1) is 0 Å². The maximum atomic E-state index is 5.54. The van der Waals surface area contributed by atoms with Crippen molar-refractivity contribution in [1.82, 2.24) is 19.5 Å². The van der Waals surface area contributed by atoms with E-state index in [1.54, 1.807) is 10.9 Å². The monoisotopic (exact) mass is 197 g/mol. The normalized spacial score (nSPS) is 9.46. The molecule has 1 unspecified atom stereocenters. The van der Waals surface area contributed by atoms with E-state index in [1.807, 2.05) is 13.7 Å². The van der Waals surface area contributed by atoms with E-state index in [2.05, 4.69) is 24.2 Å². The van der Waals surface area contributed by atoms with Gasteiger partial charge in [-0.3, -0.25) is 0 Å². The summed E-state index contributed by atoms with van der Waals surface area (Å²) in [4.78, 5) is 11.9. The number of aryl methyl sites for hydroxylation is 1. The van der Waals surface area contributed by atoms with Crippen LogP contribution in [0.15, 0.2) is 12.7 Å². The zero-order valence-electron chi connectivity index (χ0n) is 7.60. The van der Waals surface area contributed by atoms with Gasteiger partial charge in [0, 0.05) is 7.05 Å². The van der Waals surface area contributed by atoms with E-state index < -0.39 is 0 Å². The van der Waals surface area contributed by atoms with Crippen molar-refractivity contribution in [1.29, 1.82) is 0 Å². The summed E-state index contributed by atoms with van der Waals surface area (Å²) in [5, 5.41) is 0. The maximum absolute atomic E-state index is 5.54. The Kier molecular flexibility index (Phi) is 3.14. The second kappa shape index (κ2) is 4.14. The van der Waals surface area contributed by atoms with Crippen LogP contribution in [0.5, 0.6) is 0 Å². The molecular formula is C7H12N5P. The number of nitrogens with zero attached hydrogens (tertiary/aromatic N) is 4. The van der Waals surface area contributed by atoms with Crippen LogP contribution in [-0.2, 0) is 7.05 Å². The molecule has 0 spiro atoms. The number of fused-ring (bicyclic) bond motifs is 1. The van der Waals surface area contributed by atoms with E-state index >= 15 is 0 Å². The second-order valence-corrected chi connectivity index (χ2v) is 2.29. The third kappa shape index (κ3) is 1.75. The van der Waals surface area contributed by atoms with Crippen LogP contribution in [0.3, 0.4) is 0 Å². The lowest BCUT2D eigenvalue weighted by atomic mass is 10.5. The maximum Gasteiger partial charge on any atom is 0.165 e. The number of hydrogen-bond acceptors (Lipinski definition) is 4. The number of imidazole rings is 1. The number of anilines is 1. The fourth-order valence-corrected chi connectivity index (χ4v) is 0.964. The van der Waals surface area contributed by atoms with Crippen LogP contribution in [0.4, 0.5) is 5.82 Å². The summed E-state index contributed by atoms with van der Waals surface area (Å²) in [5.74, 6) is 0.426. The van der Waals surface area contributed by atoms with Gasteiger partial charge >= 0.3 is 0 Å². The molecule has 0 bridgehead atoms. The lowest BCUT2D eigenvalue weighted by Crippen LogP contribution is -1.94. The van der Waals surface area contributed by atoms with Crippen LogP contribution in [0.25, 0.3) is 11.2 Å². The quantitative estimate of drug-likeness (QED) is 0.622. The highest BCUT2D eigenvalue weighted by molar-refractivity contribution is 7.15. The number of nitrogens with two attached hydrogens (primary N) is 1. The highest BCUT2D eigenvalue weighted by Gasteiger charge is 2.03. The van der Waals surface area contributed by atoms with Gasteiger partial charge in [-0.15, -0.1) is 9.24 Å². The smallest absolute Gasteiger partial charge is 0.165 e. The highest BCUT2D eigenvalue weighted by Crippen LogP contribution is 2.11. The van der Waals surface area contributed by atoms with Crippen molar-refractivity contribution >= 4 is 26.2 Å². The van der Waals surface area contributed by atoms with Crippen molar-refractivity contribution in [2.24, 2.45) is 7.05 Å². The number of nitrogen functional groups attached to an aromatic ring is 1. The molecule has 0 aromatic carbocycles. The van der Waals surface area contributed by atoms with Crippen molar-refractivity contribution in [3.8, 4) is 0 Å². The van der Waals surface area contributed by atoms with Gasteiger partial charge in [-0.1, -0.05) is 6.66 Å². The van der Waals surface area contributed by atoms with Gasteiger partial charge in [0.25, 0.3) is 0 Å². The SMILES string of the molecule is CP.Cn1cnc2c(N)ncnc21. The van der Waals surface area contributed by atoms with Crippen molar-refractivity contribution < 1.29 is 0 Å². The van der Waals surface area contributed by atoms with Crippen molar-refractivity contribution in [2.45, 2.75) is 0 Å². The molecule has 0 aliphatic rings. The highest BCUT2D eigenvalue weighted by atomic mass is 31.0. The molecule has 2 aromatic rings. The summed E-state index contributed by atoms with van der Waals surface area (Å²) >= 11 is 0. The summed E-state index contributed by atoms with van der Waals surface area (Å²) < 4.78 is 1.80. The number of aromatic nitrogens is 4. The molecule has 2 N–H and O–H groups in total. The molecule has 13 heavy (non-hydrogen) atoms. The fourth-order valence-electron chi connectivity index (χ4n) is 0.964. The second-order valence-electron chi connectivity index (χ2n) is 2.29. The summed E-state index contributed by atoms with van der Waals surface area (Å²) in [6, 6.07) is 0. The fraction of sp³-hybridized carbons (Fsp3) is 0.286. The van der Waals surface area contributed by atoms with Crippen LogP contribution in [0.2, 0.25) is 0 Å². The molecule has 0 aliphatic carbocycles. The Morgan fingerprint density at radius 2 is 2.00 bits per heavy atom. The Morgan fingerprint density at radius 1 is 1.31 bits per heavy atom. The molecule has 0 radical (unpaired) electrons. The van der Waals surface area contributed by atoms with E-state index in [0.29, 0.717) is 11.3 Å². The van der Waals surface area contributed by atoms with Gasteiger partial charge in [0.1, 0.15) is 11.8 Å². The molecule has 2 rings (SSSR count). The molecule has 70 valence electrons. The van der Waals surface area contributed by atoms with Crippen LogP contribution >= 0.6 is 9.24 Å². The minimum atomic E-state index is 0.426. The third-order valence-electron chi connectivity index (χ3n) is 1.53. The van der Waals surface area contributed by atoms with E-state index in [0.717, 1.165) is 5.65 Å². The Hall–Kier alpha value is -1.22. The Labute approximate surface area is 78.6 Å². The Morgan fingerprint density at radius 3 is 2.62 bits per heavy atom. The summed E-state index contributed by atoms with van der Waals surface area (Å²) in [6.45, 7) is 1.92. The summed E-state index contributed by atoms with van der Waals surface area (Å²) in [5.41, 5.74) is 6.97. The average Bonchev–Trinajstić information content (AvgIpc) is 2.53. The largest absolute Gasteiger partial charge is 0.382 e. The van der Waals surface area contributed by atoms with Gasteiger partial charge in [0.2, 0.25) is 0 Å². The third-order valence-corrected chi connectivity index (χ3v) is 1.53. The van der Waals surface area contributed by atoms with Crippen molar-refractivity contribution in [3.05, 3.63) is 12.7 Å². The van der Waals surface area contributed by atoms with Gasteiger partial charge in [0.05, 0.1) is 6.33 Å². The van der Waals surface area contributed by atoms with E-state index in [4.69, 9.17) is 5.73 Å². The first-order chi connectivity index (χ1) is 6.29. The molecule has 6 heteroatoms. The lowest BCUT2D eigenvalue weighted by molar-refractivity contribution is 0.928. The van der Waals surface area contributed by atoms with Crippen LogP contribution in [0.1, 0.15) is 0 Å². The molecule has 0 saturated carbocycles. The topological polar surface area (TPSA) is 69.6 Å². The molecule has 0 saturated heterocycles. The van der Waals surface area contributed by atoms with Crippen LogP contribution in [-0.4, -0.2) is 26.2 Å². The minimum Gasteiger partial charge on any atom is -0.382 e. The summed E-state index contributed by atoms with van der Waals surface area (Å²) in [7, 11) is 4.28. The molecule has 0 amide bonds. The predicted octanol–water partition coefficient (Wildman–Crippen LogP) is 0.437. The van der Waals surface area contributed by atoms with Gasteiger partial charge in [-0.25, -0.2) is 15.0 Å². The zero-order valence-corrected chi connectivity index (χ0v) is 8.75. The first-order valence-corrected chi connectivity index (χ1v) is 4.90. The molecule has 2 aromatic heterocycles. The van der Waals surface area contributed by atoms with Crippen molar-refractivity contribution in [3.63, 3.8) is 0 Å². The first-order valence-electron chi connectivity index (χ1n) is 3.74. The minimum absolute atomic E-state index is 0.426. The number of hydrogen-bond donors (Lipinski definition) is 1. The standard InChI is InChI=1S/C6H7N5.CH5P/c1-11-3-10-4-5(7)8-2-9-6(4)11;1-2/h2-3H,1H3,(H2,7,8,9);2H2,1H3. The van der Waals surface area contributed by atoms with Gasteiger partial charge in [-0.05, 0) is 0 Å². The van der Waals surface area contributed by atoms with E-state index in [-0.39, 0.29) is 0 Å². The lowest BCUT2D eigenvalue weighted by Gasteiger charge is -1.92. The molecule has 2 heterocycles. The Balaban J connectivity index is 0.000000396. The van der Waals surface area contributed by atoms with Crippen molar-refractivity contribution in [2.75, 3.05) is 12.4 Å². The van der Waals surface area contributed by atoms with Gasteiger partial charge in [-0.2, -0.15) is 0 Å². The molecule has 1 atom stereocenters. The van der Waals surface area contributed by atoms with Gasteiger partial charge in [0.15, 0.2) is 11.5 Å². The molecule has 0 fully saturated rings. The van der Waals surface area contributed by atoms with E-state index in [1.165, 1.54) is 6.33 Å². The van der Waals surface area contributed by atoms with E-state index in [9.17, 15) is 0 Å². The number of rotatable bonds is 0. The zero-order chi connectivity index (χ0) is 9.84. The van der Waals surface area contributed by atoms with Gasteiger partial charge < -0.3 is 10.3 Å². The Bertz CT molecular complexity index is 397. The molecule has 5 nitrogen and oxygen atoms in total. The molecular weight excluding hydrogens is 185 g/mol. The summed E-state index contributed by atoms with van der Waals surface area (Å²) in [6.07, 6.45) is 3.09.